The van der Waals surface area contributed by atoms with Crippen LogP contribution in [0.25, 0.3) is 0 Å². The van der Waals surface area contributed by atoms with E-state index in [1.165, 1.54) is 0 Å². The monoisotopic (exact) mass is 840 g/mol. The van der Waals surface area contributed by atoms with Crippen molar-refractivity contribution < 1.29 is 52.5 Å². The van der Waals surface area contributed by atoms with Crippen molar-refractivity contribution in [3.63, 3.8) is 0 Å². The zero-order valence-corrected chi connectivity index (χ0v) is 32.8. The summed E-state index contributed by atoms with van der Waals surface area (Å²) < 4.78 is 59.1. The molecule has 52 heavy (non-hydrogen) atoms. The number of aliphatic hydroxyl groups excluding tert-OH is 1. The molecule has 9 rings (SSSR count). The van der Waals surface area contributed by atoms with Crippen molar-refractivity contribution in [3.05, 3.63) is 24.3 Å². The van der Waals surface area contributed by atoms with E-state index in [0.29, 0.717) is 38.0 Å². The molecule has 0 amide bonds. The summed E-state index contributed by atoms with van der Waals surface area (Å²) in [4.78, 5) is 14.1. The number of Topliss-reactive ketones (excluding diaryl/α,β-unsaturated/α-hetero) is 1. The number of ether oxygens (including phenoxy) is 9. The van der Waals surface area contributed by atoms with Crippen molar-refractivity contribution in [1.82, 2.24) is 0 Å². The highest BCUT2D eigenvalue weighted by Crippen LogP contribution is 2.51. The van der Waals surface area contributed by atoms with E-state index < -0.39 is 18.0 Å². The van der Waals surface area contributed by atoms with Crippen LogP contribution >= 0.6 is 22.6 Å². The zero-order chi connectivity index (χ0) is 35.9. The van der Waals surface area contributed by atoms with E-state index in [2.05, 4.69) is 42.7 Å². The summed E-state index contributed by atoms with van der Waals surface area (Å²) in [5.74, 6) is -0.595. The number of halogens is 1. The highest BCUT2D eigenvalue weighted by atomic mass is 127. The second kappa shape index (κ2) is 14.8. The maximum absolute atomic E-state index is 14.1. The van der Waals surface area contributed by atoms with Crippen LogP contribution in [0.1, 0.15) is 90.4 Å². The summed E-state index contributed by atoms with van der Waals surface area (Å²) in [6.07, 6.45) is 5.76. The molecule has 0 saturated carbocycles. The molecular weight excluding hydrogens is 783 g/mol. The Balaban J connectivity index is 0.994. The van der Waals surface area contributed by atoms with Gasteiger partial charge in [0.2, 0.25) is 0 Å². The molecule has 0 aromatic heterocycles. The smallest absolute Gasteiger partial charge is 0.172 e. The Morgan fingerprint density at radius 2 is 1.62 bits per heavy atom. The quantitative estimate of drug-likeness (QED) is 0.181. The van der Waals surface area contributed by atoms with Crippen molar-refractivity contribution in [3.8, 4) is 0 Å². The van der Waals surface area contributed by atoms with Crippen LogP contribution in [0.4, 0.5) is 0 Å². The first-order valence-corrected chi connectivity index (χ1v) is 21.3. The molecule has 0 radical (unpaired) electrons. The maximum atomic E-state index is 14.1. The van der Waals surface area contributed by atoms with Crippen LogP contribution in [0.15, 0.2) is 24.3 Å². The number of carbonyl (C=O) groups excluding carboxylic acids is 1. The first kappa shape index (κ1) is 37.1. The number of hydrogen-bond acceptors (Lipinski definition) is 11. The third-order valence-corrected chi connectivity index (χ3v) is 15.2. The Labute approximate surface area is 321 Å². The molecule has 11 nitrogen and oxygen atoms in total. The SMILES string of the molecule is C=C1CC2CC[C@]34C[C@@H](O)C(O3)[C@@H]3OC5CCC(CC(=O)CC6C(C[C@H]7O[C@@H](CC[C@@H]1O2)C[C@@H](C)C7=C)O[C@H](C[C@H]1CO1)[C@@H]6OC)O[C@@H]5C(O4)C3I. The molecule has 19 atom stereocenters. The molecule has 9 heterocycles. The average Bonchev–Trinajstić information content (AvgIpc) is 3.68. The molecule has 0 aromatic carbocycles. The van der Waals surface area contributed by atoms with Gasteiger partial charge in [0.1, 0.15) is 30.2 Å². The van der Waals surface area contributed by atoms with Crippen LogP contribution in [0.3, 0.4) is 0 Å². The predicted molar refractivity (Wildman–Crippen MR) is 196 cm³/mol. The van der Waals surface area contributed by atoms with Crippen molar-refractivity contribution in [2.75, 3.05) is 13.7 Å². The van der Waals surface area contributed by atoms with Crippen molar-refractivity contribution >= 4 is 28.4 Å². The minimum Gasteiger partial charge on any atom is -0.390 e. The van der Waals surface area contributed by atoms with Gasteiger partial charge in [0, 0.05) is 51.6 Å². The maximum Gasteiger partial charge on any atom is 0.172 e. The number of ketones is 1. The van der Waals surface area contributed by atoms with Crippen LogP contribution in [0.5, 0.6) is 0 Å². The van der Waals surface area contributed by atoms with Crippen LogP contribution in [0.2, 0.25) is 0 Å². The Morgan fingerprint density at radius 3 is 2.42 bits per heavy atom. The second-order valence-electron chi connectivity index (χ2n) is 17.4. The van der Waals surface area contributed by atoms with E-state index in [9.17, 15) is 9.90 Å². The lowest BCUT2D eigenvalue weighted by molar-refractivity contribution is -0.274. The van der Waals surface area contributed by atoms with E-state index in [0.717, 1.165) is 69.1 Å². The molecule has 1 spiro atoms. The first-order valence-electron chi connectivity index (χ1n) is 20.0. The van der Waals surface area contributed by atoms with Gasteiger partial charge in [0.15, 0.2) is 5.79 Å². The summed E-state index contributed by atoms with van der Waals surface area (Å²) in [6.45, 7) is 11.9. The topological polar surface area (TPSA) is 124 Å². The molecular formula is C40H57IO11. The van der Waals surface area contributed by atoms with Gasteiger partial charge in [-0.25, -0.2) is 0 Å². The molecule has 9 aliphatic rings. The molecule has 9 saturated heterocycles. The minimum absolute atomic E-state index is 0.00867. The Morgan fingerprint density at radius 1 is 0.846 bits per heavy atom. The van der Waals surface area contributed by atoms with Gasteiger partial charge in [0.05, 0.1) is 77.7 Å². The van der Waals surface area contributed by atoms with E-state index in [-0.39, 0.29) is 95.0 Å². The number of aliphatic hydroxyl groups is 1. The van der Waals surface area contributed by atoms with Gasteiger partial charge < -0.3 is 47.7 Å². The Kier molecular flexibility index (Phi) is 10.5. The summed E-state index contributed by atoms with van der Waals surface area (Å²) >= 11 is 2.40. The molecule has 290 valence electrons. The molecule has 0 aromatic rings. The normalized spacial score (nSPS) is 53.7. The van der Waals surface area contributed by atoms with Gasteiger partial charge in [0.25, 0.3) is 0 Å². The van der Waals surface area contributed by atoms with Gasteiger partial charge in [-0.05, 0) is 62.0 Å². The number of carbonyl (C=O) groups is 1. The fraction of sp³-hybridized carbons (Fsp3) is 0.875. The van der Waals surface area contributed by atoms with Crippen LogP contribution in [0, 0.1) is 11.8 Å². The number of rotatable bonds is 3. The highest BCUT2D eigenvalue weighted by molar-refractivity contribution is 14.1. The summed E-state index contributed by atoms with van der Waals surface area (Å²) in [7, 11) is 1.73. The van der Waals surface area contributed by atoms with Crippen molar-refractivity contribution in [2.24, 2.45) is 11.8 Å². The van der Waals surface area contributed by atoms with E-state index in [4.69, 9.17) is 42.6 Å². The lowest BCUT2D eigenvalue weighted by Gasteiger charge is -2.49. The molecule has 0 aliphatic carbocycles. The fourth-order valence-corrected chi connectivity index (χ4v) is 12.0. The van der Waals surface area contributed by atoms with Crippen LogP contribution < -0.4 is 0 Å². The second-order valence-corrected chi connectivity index (χ2v) is 18.8. The fourth-order valence-electron chi connectivity index (χ4n) is 10.9. The van der Waals surface area contributed by atoms with Gasteiger partial charge in [-0.15, -0.1) is 0 Å². The van der Waals surface area contributed by atoms with E-state index in [1.54, 1.807) is 7.11 Å². The third-order valence-electron chi connectivity index (χ3n) is 13.8. The van der Waals surface area contributed by atoms with E-state index >= 15 is 0 Å². The zero-order valence-electron chi connectivity index (χ0n) is 30.6. The molecule has 1 N–H and O–H groups in total. The van der Waals surface area contributed by atoms with Gasteiger partial charge in [-0.3, -0.25) is 4.79 Å². The molecule has 8 unspecified atom stereocenters. The summed E-state index contributed by atoms with van der Waals surface area (Å²) in [5.41, 5.74) is 2.23. The Bertz CT molecular complexity index is 1370. The van der Waals surface area contributed by atoms with Gasteiger partial charge in [-0.1, -0.05) is 42.7 Å². The molecule has 9 fully saturated rings. The number of methoxy groups -OCH3 is 1. The van der Waals surface area contributed by atoms with Crippen LogP contribution in [-0.4, -0.2) is 126 Å². The predicted octanol–water partition coefficient (Wildman–Crippen LogP) is 4.91. The van der Waals surface area contributed by atoms with Crippen LogP contribution in [-0.2, 0) is 47.4 Å². The van der Waals surface area contributed by atoms with Gasteiger partial charge >= 0.3 is 0 Å². The number of epoxide rings is 1. The van der Waals surface area contributed by atoms with Gasteiger partial charge in [-0.2, -0.15) is 0 Å². The Hall–Kier alpha value is -0.520. The number of alkyl halides is 1. The number of hydrogen-bond donors (Lipinski definition) is 1. The lowest BCUT2D eigenvalue weighted by Crippen LogP contribution is -2.63. The number of fused-ring (bicyclic) bond motifs is 9. The third kappa shape index (κ3) is 7.16. The van der Waals surface area contributed by atoms with Crippen molar-refractivity contribution in [1.29, 1.82) is 0 Å². The summed E-state index contributed by atoms with van der Waals surface area (Å²) in [5, 5.41) is 11.3. The highest BCUT2D eigenvalue weighted by Gasteiger charge is 2.62. The average molecular weight is 841 g/mol. The minimum atomic E-state index is -0.949. The standard InChI is InChI=1S/C40H57IO11/c1-19-11-23-5-7-29-20(2)12-25(46-29)9-10-40-17-28(43)36(51-40)38-34(41)39(52-40)37-30(50-38)8-6-24(48-37)13-22(42)14-27-32(16-31(47-23)21(19)3)49-33(35(27)44-4)15-26-18-45-26/h19,23-39,43H,2-3,5-18H2,1,4H3/t19-,23+,24?,25?,26+,27?,28-,29+,30?,31-,32?,33-,34?,35-,36?,37+,38-,39?,40+/m1/s1. The van der Waals surface area contributed by atoms with Crippen molar-refractivity contribution in [2.45, 2.75) is 192 Å². The lowest BCUT2D eigenvalue weighted by atomic mass is 9.81. The molecule has 9 aliphatic heterocycles. The molecule has 12 heteroatoms. The first-order chi connectivity index (χ1) is 25.1. The van der Waals surface area contributed by atoms with E-state index in [1.807, 2.05) is 0 Å². The largest absolute Gasteiger partial charge is 0.390 e. The molecule has 10 bridgehead atoms. The summed E-state index contributed by atoms with van der Waals surface area (Å²) in [6, 6.07) is 0.